The molecular formula is C26H30N2O5. The second-order valence-electron chi connectivity index (χ2n) is 8.83. The molecule has 0 aromatic heterocycles. The number of benzene rings is 2. The van der Waals surface area contributed by atoms with Crippen LogP contribution in [0.25, 0.3) is 11.1 Å². The van der Waals surface area contributed by atoms with Gasteiger partial charge >= 0.3 is 12.1 Å². The molecule has 0 radical (unpaired) electrons. The monoisotopic (exact) mass is 450 g/mol. The number of amides is 2. The molecule has 0 spiro atoms. The standard InChI is InChI=1S/C26H30N2O5/c1-3-23(25(30)31)28(2)24(29)20-13-8-14-22(20)27-26(32)33-15-21-18-11-6-4-9-16(18)17-10-5-7-12-19(17)21/h4-7,9-12,20-23H,3,8,13-15H2,1-2H3,(H,27,32)(H,30,31)/t20-,22+,23?/m0/s1. The van der Waals surface area contributed by atoms with Gasteiger partial charge in [0.2, 0.25) is 5.91 Å². The van der Waals surface area contributed by atoms with E-state index in [-0.39, 0.29) is 24.5 Å². The van der Waals surface area contributed by atoms with Crippen LogP contribution in [0, 0.1) is 5.92 Å². The SMILES string of the molecule is CCC(C(=O)O)N(C)C(=O)[C@H]1CCC[C@H]1NC(=O)OCC1c2ccccc2-c2ccccc21. The number of alkyl carbamates (subject to hydrolysis) is 1. The highest BCUT2D eigenvalue weighted by Gasteiger charge is 2.39. The first-order chi connectivity index (χ1) is 15.9. The molecule has 1 fully saturated rings. The minimum Gasteiger partial charge on any atom is -0.480 e. The predicted octanol–water partition coefficient (Wildman–Crippen LogP) is 4.02. The molecule has 1 saturated carbocycles. The van der Waals surface area contributed by atoms with E-state index in [1.54, 1.807) is 6.92 Å². The summed E-state index contributed by atoms with van der Waals surface area (Å²) >= 11 is 0. The van der Waals surface area contributed by atoms with Crippen molar-refractivity contribution in [1.82, 2.24) is 10.2 Å². The molecule has 0 bridgehead atoms. The molecule has 2 N–H and O–H groups in total. The molecule has 4 rings (SSSR count). The predicted molar refractivity (Wildman–Crippen MR) is 124 cm³/mol. The van der Waals surface area contributed by atoms with Crippen molar-refractivity contribution in [3.05, 3.63) is 59.7 Å². The topological polar surface area (TPSA) is 95.9 Å². The van der Waals surface area contributed by atoms with Gasteiger partial charge in [0.1, 0.15) is 12.6 Å². The lowest BCUT2D eigenvalue weighted by Crippen LogP contribution is -2.49. The molecule has 2 aliphatic rings. The zero-order valence-corrected chi connectivity index (χ0v) is 19.0. The van der Waals surface area contributed by atoms with Crippen molar-refractivity contribution < 1.29 is 24.2 Å². The summed E-state index contributed by atoms with van der Waals surface area (Å²) in [5, 5.41) is 12.2. The Bertz CT molecular complexity index is 1010. The molecule has 2 aromatic carbocycles. The number of fused-ring (bicyclic) bond motifs is 3. The molecule has 7 nitrogen and oxygen atoms in total. The maximum Gasteiger partial charge on any atom is 0.407 e. The smallest absolute Gasteiger partial charge is 0.407 e. The average Bonchev–Trinajstić information content (AvgIpc) is 3.39. The van der Waals surface area contributed by atoms with Gasteiger partial charge in [0.25, 0.3) is 0 Å². The Balaban J connectivity index is 1.39. The normalized spacial score (nSPS) is 19.9. The summed E-state index contributed by atoms with van der Waals surface area (Å²) in [5.41, 5.74) is 4.61. The van der Waals surface area contributed by atoms with E-state index >= 15 is 0 Å². The first kappa shape index (κ1) is 22.8. The molecule has 0 saturated heterocycles. The second-order valence-corrected chi connectivity index (χ2v) is 8.83. The van der Waals surface area contributed by atoms with E-state index in [2.05, 4.69) is 29.6 Å². The van der Waals surface area contributed by atoms with Gasteiger partial charge in [-0.25, -0.2) is 9.59 Å². The first-order valence-electron chi connectivity index (χ1n) is 11.5. The molecule has 33 heavy (non-hydrogen) atoms. The van der Waals surface area contributed by atoms with Gasteiger partial charge < -0.3 is 20.1 Å². The Kier molecular flexibility index (Phi) is 6.67. The Labute approximate surface area is 193 Å². The highest BCUT2D eigenvalue weighted by Crippen LogP contribution is 2.44. The van der Waals surface area contributed by atoms with Crippen molar-refractivity contribution >= 4 is 18.0 Å². The fourth-order valence-corrected chi connectivity index (χ4v) is 5.25. The van der Waals surface area contributed by atoms with Gasteiger partial charge in [0.15, 0.2) is 0 Å². The third kappa shape index (κ3) is 4.45. The third-order valence-electron chi connectivity index (χ3n) is 6.97. The summed E-state index contributed by atoms with van der Waals surface area (Å²) in [6.45, 7) is 1.95. The van der Waals surface area contributed by atoms with Crippen LogP contribution >= 0.6 is 0 Å². The molecule has 2 amide bonds. The van der Waals surface area contributed by atoms with Crippen LogP contribution in [-0.2, 0) is 14.3 Å². The zero-order chi connectivity index (χ0) is 23.5. The van der Waals surface area contributed by atoms with Crippen molar-refractivity contribution in [1.29, 1.82) is 0 Å². The van der Waals surface area contributed by atoms with Crippen molar-refractivity contribution in [2.24, 2.45) is 5.92 Å². The lowest BCUT2D eigenvalue weighted by molar-refractivity contribution is -0.151. The van der Waals surface area contributed by atoms with Crippen molar-refractivity contribution in [3.63, 3.8) is 0 Å². The molecule has 0 heterocycles. The number of carboxylic acids is 1. The Morgan fingerprint density at radius 3 is 2.24 bits per heavy atom. The van der Waals surface area contributed by atoms with Gasteiger partial charge in [-0.3, -0.25) is 4.79 Å². The summed E-state index contributed by atoms with van der Waals surface area (Å²) < 4.78 is 5.63. The quantitative estimate of drug-likeness (QED) is 0.664. The van der Waals surface area contributed by atoms with Gasteiger partial charge in [-0.1, -0.05) is 61.9 Å². The second kappa shape index (κ2) is 9.65. The zero-order valence-electron chi connectivity index (χ0n) is 19.0. The number of aliphatic carboxylic acids is 1. The van der Waals surface area contributed by atoms with E-state index in [0.717, 1.165) is 28.7 Å². The molecule has 7 heteroatoms. The molecular weight excluding hydrogens is 420 g/mol. The van der Waals surface area contributed by atoms with Crippen LogP contribution < -0.4 is 5.32 Å². The van der Waals surface area contributed by atoms with Crippen LogP contribution in [0.4, 0.5) is 4.79 Å². The van der Waals surface area contributed by atoms with Crippen LogP contribution in [0.2, 0.25) is 0 Å². The van der Waals surface area contributed by atoms with Gasteiger partial charge in [-0.2, -0.15) is 0 Å². The number of likely N-dealkylation sites (N-methyl/N-ethyl adjacent to an activating group) is 1. The summed E-state index contributed by atoms with van der Waals surface area (Å²) in [5.74, 6) is -1.74. The number of ether oxygens (including phenoxy) is 1. The molecule has 2 aliphatic carbocycles. The van der Waals surface area contributed by atoms with Crippen molar-refractivity contribution in [2.75, 3.05) is 13.7 Å². The summed E-state index contributed by atoms with van der Waals surface area (Å²) in [6.07, 6.45) is 1.86. The van der Waals surface area contributed by atoms with E-state index < -0.39 is 24.0 Å². The number of carbonyl (C=O) groups excluding carboxylic acids is 2. The first-order valence-corrected chi connectivity index (χ1v) is 11.5. The Hall–Kier alpha value is -3.35. The molecule has 1 unspecified atom stereocenters. The summed E-state index contributed by atoms with van der Waals surface area (Å²) in [6, 6.07) is 15.1. The van der Waals surface area contributed by atoms with Gasteiger partial charge in [0.05, 0.1) is 5.92 Å². The lowest BCUT2D eigenvalue weighted by Gasteiger charge is -2.29. The largest absolute Gasteiger partial charge is 0.480 e. The number of carboxylic acid groups (broad SMARTS) is 1. The number of hydrogen-bond donors (Lipinski definition) is 2. The number of rotatable bonds is 7. The minimum atomic E-state index is -1.02. The fourth-order valence-electron chi connectivity index (χ4n) is 5.25. The minimum absolute atomic E-state index is 0.0313. The van der Waals surface area contributed by atoms with Crippen LogP contribution in [0.3, 0.4) is 0 Å². The van der Waals surface area contributed by atoms with Crippen molar-refractivity contribution in [3.8, 4) is 11.1 Å². The fraction of sp³-hybridized carbons (Fsp3) is 0.423. The van der Waals surface area contributed by atoms with E-state index in [4.69, 9.17) is 4.74 Å². The molecule has 2 aromatic rings. The van der Waals surface area contributed by atoms with Crippen LogP contribution in [0.5, 0.6) is 0 Å². The molecule has 0 aliphatic heterocycles. The van der Waals surface area contributed by atoms with E-state index in [9.17, 15) is 19.5 Å². The third-order valence-corrected chi connectivity index (χ3v) is 6.97. The van der Waals surface area contributed by atoms with E-state index in [0.29, 0.717) is 19.3 Å². The van der Waals surface area contributed by atoms with Crippen LogP contribution in [0.1, 0.15) is 49.7 Å². The van der Waals surface area contributed by atoms with Gasteiger partial charge in [-0.05, 0) is 41.5 Å². The number of nitrogens with zero attached hydrogens (tertiary/aromatic N) is 1. The maximum atomic E-state index is 13.0. The van der Waals surface area contributed by atoms with Crippen LogP contribution in [-0.4, -0.2) is 53.7 Å². The number of hydrogen-bond acceptors (Lipinski definition) is 4. The molecule has 174 valence electrons. The van der Waals surface area contributed by atoms with Gasteiger partial charge in [-0.15, -0.1) is 0 Å². The highest BCUT2D eigenvalue weighted by molar-refractivity contribution is 5.86. The Morgan fingerprint density at radius 1 is 1.06 bits per heavy atom. The van der Waals surface area contributed by atoms with Crippen LogP contribution in [0.15, 0.2) is 48.5 Å². The summed E-state index contributed by atoms with van der Waals surface area (Å²) in [4.78, 5) is 38.4. The van der Waals surface area contributed by atoms with E-state index in [1.165, 1.54) is 11.9 Å². The number of nitrogens with one attached hydrogen (secondary N) is 1. The van der Waals surface area contributed by atoms with E-state index in [1.807, 2.05) is 24.3 Å². The number of carbonyl (C=O) groups is 3. The Morgan fingerprint density at radius 2 is 1.67 bits per heavy atom. The average molecular weight is 451 g/mol. The maximum absolute atomic E-state index is 13.0. The highest BCUT2D eigenvalue weighted by atomic mass is 16.5. The summed E-state index contributed by atoms with van der Waals surface area (Å²) in [7, 11) is 1.52. The lowest BCUT2D eigenvalue weighted by atomic mass is 9.98. The van der Waals surface area contributed by atoms with Gasteiger partial charge in [0, 0.05) is 19.0 Å². The molecule has 3 atom stereocenters. The van der Waals surface area contributed by atoms with Crippen molar-refractivity contribution in [2.45, 2.75) is 50.6 Å².